The Morgan fingerprint density at radius 3 is 2.35 bits per heavy atom. The van der Waals surface area contributed by atoms with Gasteiger partial charge in [0.2, 0.25) is 0 Å². The fraction of sp³-hybridized carbons (Fsp3) is 0.292. The van der Waals surface area contributed by atoms with Crippen molar-refractivity contribution in [2.45, 2.75) is 33.9 Å². The van der Waals surface area contributed by atoms with E-state index in [4.69, 9.17) is 9.15 Å². The molecule has 0 radical (unpaired) electrons. The van der Waals surface area contributed by atoms with Crippen molar-refractivity contribution >= 4 is 17.7 Å². The van der Waals surface area contributed by atoms with E-state index in [9.17, 15) is 14.4 Å². The molecule has 0 aliphatic heterocycles. The first kappa shape index (κ1) is 22.1. The van der Waals surface area contributed by atoms with Crippen LogP contribution >= 0.6 is 0 Å². The van der Waals surface area contributed by atoms with Crippen LogP contribution in [0.5, 0.6) is 0 Å². The number of rotatable bonds is 8. The molecule has 0 atom stereocenters. The molecule has 1 aromatic carbocycles. The molecule has 7 heteroatoms. The third-order valence-electron chi connectivity index (χ3n) is 5.31. The van der Waals surface area contributed by atoms with E-state index >= 15 is 0 Å². The number of hydrogen-bond acceptors (Lipinski definition) is 5. The van der Waals surface area contributed by atoms with Crippen LogP contribution in [0.4, 0.5) is 0 Å². The molecule has 31 heavy (non-hydrogen) atoms. The van der Waals surface area contributed by atoms with Crippen LogP contribution in [-0.2, 0) is 17.8 Å². The third-order valence-corrected chi connectivity index (χ3v) is 5.31. The molecule has 0 unspecified atom stereocenters. The van der Waals surface area contributed by atoms with Gasteiger partial charge >= 0.3 is 5.97 Å². The van der Waals surface area contributed by atoms with Crippen molar-refractivity contribution in [1.82, 2.24) is 9.47 Å². The van der Waals surface area contributed by atoms with Gasteiger partial charge in [-0.15, -0.1) is 0 Å². The van der Waals surface area contributed by atoms with Gasteiger partial charge in [-0.2, -0.15) is 0 Å². The van der Waals surface area contributed by atoms with E-state index in [1.54, 1.807) is 54.8 Å². The van der Waals surface area contributed by atoms with E-state index in [-0.39, 0.29) is 24.8 Å². The lowest BCUT2D eigenvalue weighted by Gasteiger charge is -2.21. The second-order valence-electron chi connectivity index (χ2n) is 7.20. The second kappa shape index (κ2) is 9.47. The van der Waals surface area contributed by atoms with Crippen LogP contribution in [0.15, 0.2) is 53.1 Å². The second-order valence-corrected chi connectivity index (χ2v) is 7.20. The van der Waals surface area contributed by atoms with Crippen LogP contribution in [0.25, 0.3) is 0 Å². The van der Waals surface area contributed by atoms with Crippen LogP contribution < -0.4 is 0 Å². The minimum atomic E-state index is -0.491. The van der Waals surface area contributed by atoms with E-state index in [1.807, 2.05) is 13.0 Å². The standard InChI is InChI=1S/C24H26N2O5/c1-5-26-17(3)21(16(2)22(26)24(29)30-4)20(27)15-25(14-19-12-9-13-31-19)23(28)18-10-7-6-8-11-18/h6-13H,5,14-15H2,1-4H3. The molecule has 0 aliphatic carbocycles. The smallest absolute Gasteiger partial charge is 0.354 e. The number of esters is 1. The van der Waals surface area contributed by atoms with Gasteiger partial charge in [-0.3, -0.25) is 9.59 Å². The van der Waals surface area contributed by atoms with Gasteiger partial charge in [0.05, 0.1) is 26.5 Å². The molecule has 0 fully saturated rings. The van der Waals surface area contributed by atoms with E-state index in [2.05, 4.69) is 0 Å². The summed E-state index contributed by atoms with van der Waals surface area (Å²) in [6.07, 6.45) is 1.53. The maximum absolute atomic E-state index is 13.4. The van der Waals surface area contributed by atoms with Crippen LogP contribution in [0.1, 0.15) is 55.1 Å². The lowest BCUT2D eigenvalue weighted by Crippen LogP contribution is -2.35. The number of methoxy groups -OCH3 is 1. The zero-order chi connectivity index (χ0) is 22.5. The Morgan fingerprint density at radius 2 is 1.77 bits per heavy atom. The minimum Gasteiger partial charge on any atom is -0.467 e. The molecule has 0 aliphatic rings. The molecule has 3 aromatic rings. The number of Topliss-reactive ketones (excluding diaryl/α,β-unsaturated/α-hetero) is 1. The average Bonchev–Trinajstić information content (AvgIpc) is 3.37. The van der Waals surface area contributed by atoms with Crippen molar-refractivity contribution in [1.29, 1.82) is 0 Å². The number of nitrogens with zero attached hydrogens (tertiary/aromatic N) is 2. The summed E-state index contributed by atoms with van der Waals surface area (Å²) < 4.78 is 12.1. The Hall–Kier alpha value is -3.61. The maximum Gasteiger partial charge on any atom is 0.354 e. The number of benzene rings is 1. The Labute approximate surface area is 181 Å². The van der Waals surface area contributed by atoms with Crippen molar-refractivity contribution in [3.05, 3.63) is 82.6 Å². The van der Waals surface area contributed by atoms with E-state index in [0.29, 0.717) is 40.4 Å². The number of hydrogen-bond donors (Lipinski definition) is 0. The fourth-order valence-corrected chi connectivity index (χ4v) is 3.87. The molecular formula is C24H26N2O5. The van der Waals surface area contributed by atoms with Crippen LogP contribution in [0.2, 0.25) is 0 Å². The van der Waals surface area contributed by atoms with Gasteiger partial charge in [0, 0.05) is 23.4 Å². The summed E-state index contributed by atoms with van der Waals surface area (Å²) in [5.74, 6) is -0.437. The Kier molecular flexibility index (Phi) is 6.74. The van der Waals surface area contributed by atoms with Crippen LogP contribution in [0.3, 0.4) is 0 Å². The number of carbonyl (C=O) groups excluding carboxylic acids is 3. The van der Waals surface area contributed by atoms with Crippen molar-refractivity contribution in [3.63, 3.8) is 0 Å². The van der Waals surface area contributed by atoms with Crippen LogP contribution in [0, 0.1) is 13.8 Å². The predicted molar refractivity (Wildman–Crippen MR) is 115 cm³/mol. The quantitative estimate of drug-likeness (QED) is 0.404. The molecule has 3 rings (SSSR count). The predicted octanol–water partition coefficient (Wildman–Crippen LogP) is 4.03. The average molecular weight is 422 g/mol. The van der Waals surface area contributed by atoms with E-state index in [1.165, 1.54) is 18.3 Å². The highest BCUT2D eigenvalue weighted by Crippen LogP contribution is 2.24. The van der Waals surface area contributed by atoms with Gasteiger partial charge in [0.25, 0.3) is 5.91 Å². The van der Waals surface area contributed by atoms with Gasteiger partial charge in [-0.05, 0) is 50.6 Å². The van der Waals surface area contributed by atoms with Gasteiger partial charge in [0.15, 0.2) is 5.78 Å². The molecule has 0 saturated carbocycles. The summed E-state index contributed by atoms with van der Waals surface area (Å²) >= 11 is 0. The van der Waals surface area contributed by atoms with Crippen molar-refractivity contribution in [2.24, 2.45) is 0 Å². The van der Waals surface area contributed by atoms with Gasteiger partial charge in [-0.25, -0.2) is 4.79 Å². The molecule has 0 saturated heterocycles. The first-order valence-electron chi connectivity index (χ1n) is 10.1. The minimum absolute atomic E-state index is 0.148. The van der Waals surface area contributed by atoms with Gasteiger partial charge < -0.3 is 18.6 Å². The van der Waals surface area contributed by atoms with E-state index < -0.39 is 5.97 Å². The normalized spacial score (nSPS) is 10.7. The molecule has 0 N–H and O–H groups in total. The highest BCUT2D eigenvalue weighted by Gasteiger charge is 2.28. The Balaban J connectivity index is 1.96. The Morgan fingerprint density at radius 1 is 1.06 bits per heavy atom. The monoisotopic (exact) mass is 422 g/mol. The molecule has 0 bridgehead atoms. The maximum atomic E-state index is 13.4. The molecule has 1 amide bonds. The summed E-state index contributed by atoms with van der Waals surface area (Å²) in [4.78, 5) is 40.3. The first-order chi connectivity index (χ1) is 14.9. The zero-order valence-corrected chi connectivity index (χ0v) is 18.2. The SMILES string of the molecule is CCn1c(C)c(C(=O)CN(Cc2ccco2)C(=O)c2ccccc2)c(C)c1C(=O)OC. The number of amides is 1. The molecular weight excluding hydrogens is 396 g/mol. The van der Waals surface area contributed by atoms with E-state index in [0.717, 1.165) is 0 Å². The number of aromatic nitrogens is 1. The lowest BCUT2D eigenvalue weighted by molar-refractivity contribution is 0.0587. The van der Waals surface area contributed by atoms with Crippen molar-refractivity contribution < 1.29 is 23.5 Å². The summed E-state index contributed by atoms with van der Waals surface area (Å²) in [6.45, 7) is 5.95. The topological polar surface area (TPSA) is 81.8 Å². The summed E-state index contributed by atoms with van der Waals surface area (Å²) in [7, 11) is 1.31. The largest absolute Gasteiger partial charge is 0.467 e. The highest BCUT2D eigenvalue weighted by molar-refractivity contribution is 6.06. The highest BCUT2D eigenvalue weighted by atomic mass is 16.5. The summed E-state index contributed by atoms with van der Waals surface area (Å²) in [6, 6.07) is 12.3. The van der Waals surface area contributed by atoms with Gasteiger partial charge in [-0.1, -0.05) is 18.2 Å². The fourth-order valence-electron chi connectivity index (χ4n) is 3.87. The number of ether oxygens (including phenoxy) is 1. The first-order valence-corrected chi connectivity index (χ1v) is 10.1. The number of carbonyl (C=O) groups is 3. The lowest BCUT2D eigenvalue weighted by atomic mass is 10.0. The zero-order valence-electron chi connectivity index (χ0n) is 18.2. The molecule has 0 spiro atoms. The van der Waals surface area contributed by atoms with Crippen LogP contribution in [-0.4, -0.2) is 40.8 Å². The third kappa shape index (κ3) is 4.45. The Bertz CT molecular complexity index is 1080. The number of ketones is 1. The van der Waals surface area contributed by atoms with Crippen molar-refractivity contribution in [2.75, 3.05) is 13.7 Å². The van der Waals surface area contributed by atoms with Crippen molar-refractivity contribution in [3.8, 4) is 0 Å². The number of furan rings is 1. The molecule has 2 aromatic heterocycles. The molecule has 7 nitrogen and oxygen atoms in total. The summed E-state index contributed by atoms with van der Waals surface area (Å²) in [5.41, 5.74) is 2.51. The summed E-state index contributed by atoms with van der Waals surface area (Å²) in [5, 5.41) is 0. The molecule has 162 valence electrons. The molecule has 2 heterocycles. The van der Waals surface area contributed by atoms with Gasteiger partial charge in [0.1, 0.15) is 11.5 Å².